The summed E-state index contributed by atoms with van der Waals surface area (Å²) in [4.78, 5) is 38.0. The molecule has 0 rings (SSSR count). The molecule has 0 aromatic rings. The van der Waals surface area contributed by atoms with Gasteiger partial charge in [-0.15, -0.1) is 0 Å². The van der Waals surface area contributed by atoms with Gasteiger partial charge in [-0.2, -0.15) is 0 Å². The van der Waals surface area contributed by atoms with E-state index in [2.05, 4.69) is 130 Å². The Morgan fingerprint density at radius 2 is 0.614 bits per heavy atom. The molecule has 0 spiro atoms. The van der Waals surface area contributed by atoms with Crippen molar-refractivity contribution in [1.29, 1.82) is 0 Å². The third-order valence-corrected chi connectivity index (χ3v) is 11.7. The molecule has 0 amide bonds. The van der Waals surface area contributed by atoms with Crippen molar-refractivity contribution in [2.45, 2.75) is 252 Å². The van der Waals surface area contributed by atoms with Gasteiger partial charge in [0.2, 0.25) is 0 Å². The standard InChI is InChI=1S/C64H104O6/c1-4-7-10-13-16-19-22-24-26-28-30-31-32-33-35-36-38-40-42-45-48-51-54-57-63(66)69-60-61(59-68-62(65)56-53-50-47-44-21-18-15-12-9-6-3)70-64(67)58-55-52-49-46-43-41-39-37-34-29-27-25-23-20-17-14-11-8-5-2/h8,11-12,15,17,20,22,24-25,27-28,30,32-34,37,41,43,49,52,61H,4-7,9-10,13-14,16,18-19,21,23,26,29,31,35-36,38-40,42,44-48,50-51,53-60H2,1-3H3/b11-8-,15-12-,20-17-,24-22-,27-25-,30-28-,33-32-,37-34-,43-41-,52-49-. The summed E-state index contributed by atoms with van der Waals surface area (Å²) in [5, 5.41) is 0. The highest BCUT2D eigenvalue weighted by Crippen LogP contribution is 2.13. The van der Waals surface area contributed by atoms with Crippen LogP contribution in [0.25, 0.3) is 0 Å². The van der Waals surface area contributed by atoms with Gasteiger partial charge in [0.15, 0.2) is 6.10 Å². The molecule has 396 valence electrons. The van der Waals surface area contributed by atoms with Gasteiger partial charge in [0.1, 0.15) is 13.2 Å². The minimum absolute atomic E-state index is 0.118. The number of hydrogen-bond donors (Lipinski definition) is 0. The summed E-state index contributed by atoms with van der Waals surface area (Å²) in [5.41, 5.74) is 0. The Balaban J connectivity index is 4.43. The minimum Gasteiger partial charge on any atom is -0.462 e. The third-order valence-electron chi connectivity index (χ3n) is 11.7. The first-order valence-electron chi connectivity index (χ1n) is 28.5. The molecule has 0 N–H and O–H groups in total. The van der Waals surface area contributed by atoms with Gasteiger partial charge in [-0.25, -0.2) is 0 Å². The van der Waals surface area contributed by atoms with Gasteiger partial charge in [0.25, 0.3) is 0 Å². The predicted octanol–water partition coefficient (Wildman–Crippen LogP) is 19.3. The second-order valence-electron chi connectivity index (χ2n) is 18.5. The maximum Gasteiger partial charge on any atom is 0.306 e. The normalized spacial score (nSPS) is 13.0. The Kier molecular flexibility index (Phi) is 54.0. The molecular weight excluding hydrogens is 865 g/mol. The molecule has 0 heterocycles. The van der Waals surface area contributed by atoms with E-state index in [0.717, 1.165) is 116 Å². The van der Waals surface area contributed by atoms with E-state index in [1.54, 1.807) is 0 Å². The fourth-order valence-corrected chi connectivity index (χ4v) is 7.42. The quantitative estimate of drug-likeness (QED) is 0.0262. The summed E-state index contributed by atoms with van der Waals surface area (Å²) in [6.07, 6.45) is 79.2. The van der Waals surface area contributed by atoms with Crippen molar-refractivity contribution in [2.24, 2.45) is 0 Å². The lowest BCUT2D eigenvalue weighted by Crippen LogP contribution is -2.30. The summed E-state index contributed by atoms with van der Waals surface area (Å²) in [6.45, 7) is 6.37. The van der Waals surface area contributed by atoms with Crippen molar-refractivity contribution >= 4 is 17.9 Å². The average Bonchev–Trinajstić information content (AvgIpc) is 3.36. The van der Waals surface area contributed by atoms with E-state index in [-0.39, 0.29) is 31.6 Å². The lowest BCUT2D eigenvalue weighted by atomic mass is 10.1. The molecule has 0 aliphatic carbocycles. The number of unbranched alkanes of at least 4 members (excludes halogenated alkanes) is 19. The Morgan fingerprint density at radius 3 is 1.00 bits per heavy atom. The number of allylic oxidation sites excluding steroid dienone is 20. The van der Waals surface area contributed by atoms with E-state index in [1.165, 1.54) is 83.5 Å². The van der Waals surface area contributed by atoms with Crippen molar-refractivity contribution in [3.8, 4) is 0 Å². The van der Waals surface area contributed by atoms with Crippen molar-refractivity contribution in [2.75, 3.05) is 13.2 Å². The molecule has 6 heteroatoms. The van der Waals surface area contributed by atoms with E-state index >= 15 is 0 Å². The maximum absolute atomic E-state index is 12.8. The fraction of sp³-hybridized carbons (Fsp3) is 0.641. The van der Waals surface area contributed by atoms with Crippen LogP contribution in [0.5, 0.6) is 0 Å². The largest absolute Gasteiger partial charge is 0.462 e. The molecule has 0 aromatic carbocycles. The molecule has 0 fully saturated rings. The topological polar surface area (TPSA) is 78.9 Å². The molecule has 70 heavy (non-hydrogen) atoms. The molecule has 0 aromatic heterocycles. The number of hydrogen-bond acceptors (Lipinski definition) is 6. The van der Waals surface area contributed by atoms with Crippen LogP contribution in [-0.4, -0.2) is 37.2 Å². The summed E-state index contributed by atoms with van der Waals surface area (Å²) in [5.74, 6) is -1.02. The van der Waals surface area contributed by atoms with Gasteiger partial charge in [-0.3, -0.25) is 14.4 Å². The second kappa shape index (κ2) is 57.4. The van der Waals surface area contributed by atoms with E-state index in [0.29, 0.717) is 19.3 Å². The van der Waals surface area contributed by atoms with Crippen LogP contribution in [-0.2, 0) is 28.6 Å². The number of esters is 3. The minimum atomic E-state index is -0.828. The Hall–Kier alpha value is -4.19. The molecule has 1 atom stereocenters. The maximum atomic E-state index is 12.8. The van der Waals surface area contributed by atoms with Crippen LogP contribution < -0.4 is 0 Å². The van der Waals surface area contributed by atoms with Gasteiger partial charge in [0.05, 0.1) is 0 Å². The van der Waals surface area contributed by atoms with Gasteiger partial charge in [-0.05, 0) is 116 Å². The first-order chi connectivity index (χ1) is 34.5. The smallest absolute Gasteiger partial charge is 0.306 e. The molecule has 0 aliphatic rings. The molecule has 0 radical (unpaired) electrons. The first-order valence-corrected chi connectivity index (χ1v) is 28.5. The second-order valence-corrected chi connectivity index (χ2v) is 18.5. The van der Waals surface area contributed by atoms with E-state index in [9.17, 15) is 14.4 Å². The van der Waals surface area contributed by atoms with Crippen LogP contribution in [0.2, 0.25) is 0 Å². The van der Waals surface area contributed by atoms with Crippen LogP contribution in [0.15, 0.2) is 122 Å². The van der Waals surface area contributed by atoms with Crippen LogP contribution in [0.4, 0.5) is 0 Å². The summed E-state index contributed by atoms with van der Waals surface area (Å²) in [6, 6.07) is 0. The first kappa shape index (κ1) is 65.8. The fourth-order valence-electron chi connectivity index (χ4n) is 7.42. The van der Waals surface area contributed by atoms with Gasteiger partial charge < -0.3 is 14.2 Å². The van der Waals surface area contributed by atoms with Gasteiger partial charge >= 0.3 is 17.9 Å². The molecule has 1 unspecified atom stereocenters. The van der Waals surface area contributed by atoms with E-state index < -0.39 is 12.1 Å². The average molecular weight is 970 g/mol. The van der Waals surface area contributed by atoms with Crippen molar-refractivity contribution < 1.29 is 28.6 Å². The van der Waals surface area contributed by atoms with Crippen LogP contribution in [0, 0.1) is 0 Å². The Labute approximate surface area is 431 Å². The highest BCUT2D eigenvalue weighted by molar-refractivity contribution is 5.71. The van der Waals surface area contributed by atoms with Gasteiger partial charge in [-0.1, -0.05) is 232 Å². The molecule has 0 bridgehead atoms. The molecule has 0 saturated heterocycles. The lowest BCUT2D eigenvalue weighted by Gasteiger charge is -2.18. The Bertz CT molecular complexity index is 1490. The number of rotatable bonds is 50. The zero-order chi connectivity index (χ0) is 50.7. The highest BCUT2D eigenvalue weighted by Gasteiger charge is 2.19. The molecule has 0 saturated carbocycles. The molecule has 0 aliphatic heterocycles. The highest BCUT2D eigenvalue weighted by atomic mass is 16.6. The number of carbonyl (C=O) groups is 3. The third kappa shape index (κ3) is 54.7. The molecular formula is C64H104O6. The van der Waals surface area contributed by atoms with E-state index in [4.69, 9.17) is 14.2 Å². The van der Waals surface area contributed by atoms with Gasteiger partial charge in [0, 0.05) is 19.3 Å². The van der Waals surface area contributed by atoms with E-state index in [1.807, 2.05) is 12.2 Å². The van der Waals surface area contributed by atoms with Crippen molar-refractivity contribution in [3.63, 3.8) is 0 Å². The molecule has 6 nitrogen and oxygen atoms in total. The number of carbonyl (C=O) groups excluding carboxylic acids is 3. The summed E-state index contributed by atoms with van der Waals surface area (Å²) in [7, 11) is 0. The summed E-state index contributed by atoms with van der Waals surface area (Å²) >= 11 is 0. The lowest BCUT2D eigenvalue weighted by molar-refractivity contribution is -0.166. The SMILES string of the molecule is CC/C=C\C/C=C\C/C=C\C/C=C\C/C=C\C/C=C\CCC(=O)OC(COC(=O)CCCCCCC/C=C\CCC)COC(=O)CCCCCCCCCC/C=C\C/C=C\C/C=C\CCCCCCC. The van der Waals surface area contributed by atoms with Crippen LogP contribution in [0.1, 0.15) is 245 Å². The van der Waals surface area contributed by atoms with Crippen molar-refractivity contribution in [3.05, 3.63) is 122 Å². The van der Waals surface area contributed by atoms with Crippen molar-refractivity contribution in [1.82, 2.24) is 0 Å². The predicted molar refractivity (Wildman–Crippen MR) is 302 cm³/mol. The number of ether oxygens (including phenoxy) is 3. The Morgan fingerprint density at radius 1 is 0.300 bits per heavy atom. The zero-order valence-electron chi connectivity index (χ0n) is 45.2. The van der Waals surface area contributed by atoms with Crippen LogP contribution in [0.3, 0.4) is 0 Å². The zero-order valence-corrected chi connectivity index (χ0v) is 45.2. The van der Waals surface area contributed by atoms with Crippen LogP contribution >= 0.6 is 0 Å². The monoisotopic (exact) mass is 969 g/mol. The summed E-state index contributed by atoms with van der Waals surface area (Å²) < 4.78 is 16.7.